The van der Waals surface area contributed by atoms with Gasteiger partial charge in [-0.1, -0.05) is 18.5 Å². The molecule has 1 saturated heterocycles. The lowest BCUT2D eigenvalue weighted by atomic mass is 10.1. The molecule has 1 amide bonds. The Morgan fingerprint density at radius 1 is 1.50 bits per heavy atom. The second-order valence-corrected chi connectivity index (χ2v) is 4.13. The van der Waals surface area contributed by atoms with Gasteiger partial charge in [-0.3, -0.25) is 4.79 Å². The molecular formula is C12H14ClNO2. The lowest BCUT2D eigenvalue weighted by Crippen LogP contribution is -2.41. The van der Waals surface area contributed by atoms with Crippen LogP contribution in [0.3, 0.4) is 0 Å². The smallest absolute Gasteiger partial charge is 0.253 e. The fraction of sp³-hybridized carbons (Fsp3) is 0.417. The van der Waals surface area contributed by atoms with Gasteiger partial charge in [-0.15, -0.1) is 0 Å². The number of anilines is 1. The minimum absolute atomic E-state index is 0.00984. The van der Waals surface area contributed by atoms with E-state index in [0.717, 1.165) is 22.7 Å². The zero-order valence-corrected chi connectivity index (χ0v) is 9.96. The predicted molar refractivity (Wildman–Crippen MR) is 64.0 cm³/mol. The molecule has 16 heavy (non-hydrogen) atoms. The highest BCUT2D eigenvalue weighted by Gasteiger charge is 2.20. The number of halogens is 1. The van der Waals surface area contributed by atoms with Gasteiger partial charge in [0.05, 0.1) is 6.61 Å². The third-order valence-electron chi connectivity index (χ3n) is 2.71. The maximum atomic E-state index is 11.6. The number of rotatable bonds is 2. The van der Waals surface area contributed by atoms with Crippen LogP contribution in [0.2, 0.25) is 5.02 Å². The Bertz CT molecular complexity index is 406. The SMILES string of the molecule is CCc1cc(N2CCOCC2=O)ccc1Cl. The average molecular weight is 240 g/mol. The summed E-state index contributed by atoms with van der Waals surface area (Å²) in [6.45, 7) is 3.43. The van der Waals surface area contributed by atoms with Crippen LogP contribution in [0.4, 0.5) is 5.69 Å². The van der Waals surface area contributed by atoms with Crippen LogP contribution in [0.15, 0.2) is 18.2 Å². The number of ether oxygens (including phenoxy) is 1. The lowest BCUT2D eigenvalue weighted by Gasteiger charge is -2.27. The van der Waals surface area contributed by atoms with Crippen molar-refractivity contribution in [2.75, 3.05) is 24.7 Å². The molecule has 1 aromatic carbocycles. The highest BCUT2D eigenvalue weighted by Crippen LogP contribution is 2.24. The summed E-state index contributed by atoms with van der Waals surface area (Å²) in [4.78, 5) is 13.4. The van der Waals surface area contributed by atoms with E-state index in [1.807, 2.05) is 25.1 Å². The molecule has 0 aromatic heterocycles. The van der Waals surface area contributed by atoms with Gasteiger partial charge in [0.2, 0.25) is 0 Å². The first-order chi connectivity index (χ1) is 7.72. The van der Waals surface area contributed by atoms with Crippen LogP contribution in [0.5, 0.6) is 0 Å². The first-order valence-electron chi connectivity index (χ1n) is 5.39. The van der Waals surface area contributed by atoms with Crippen molar-refractivity contribution in [1.29, 1.82) is 0 Å². The summed E-state index contributed by atoms with van der Waals surface area (Å²) in [5.41, 5.74) is 1.98. The Balaban J connectivity index is 2.29. The number of amides is 1. The van der Waals surface area contributed by atoms with Crippen molar-refractivity contribution in [1.82, 2.24) is 0 Å². The molecule has 1 aliphatic heterocycles. The molecular weight excluding hydrogens is 226 g/mol. The zero-order valence-electron chi connectivity index (χ0n) is 9.20. The van der Waals surface area contributed by atoms with E-state index in [9.17, 15) is 4.79 Å². The van der Waals surface area contributed by atoms with Crippen LogP contribution in [0.25, 0.3) is 0 Å². The van der Waals surface area contributed by atoms with Crippen molar-refractivity contribution in [3.05, 3.63) is 28.8 Å². The molecule has 0 aliphatic carbocycles. The molecule has 86 valence electrons. The quantitative estimate of drug-likeness (QED) is 0.793. The topological polar surface area (TPSA) is 29.5 Å². The first kappa shape index (κ1) is 11.4. The summed E-state index contributed by atoms with van der Waals surface area (Å²) >= 11 is 6.04. The first-order valence-corrected chi connectivity index (χ1v) is 5.76. The number of hydrogen-bond acceptors (Lipinski definition) is 2. The Morgan fingerprint density at radius 3 is 3.00 bits per heavy atom. The molecule has 0 saturated carbocycles. The fourth-order valence-electron chi connectivity index (χ4n) is 1.79. The maximum absolute atomic E-state index is 11.6. The molecule has 1 heterocycles. The molecule has 0 radical (unpaired) electrons. The number of nitrogens with zero attached hydrogens (tertiary/aromatic N) is 1. The number of benzene rings is 1. The summed E-state index contributed by atoms with van der Waals surface area (Å²) in [5, 5.41) is 0.756. The van der Waals surface area contributed by atoms with Crippen molar-refractivity contribution < 1.29 is 9.53 Å². The monoisotopic (exact) mass is 239 g/mol. The number of hydrogen-bond donors (Lipinski definition) is 0. The van der Waals surface area contributed by atoms with E-state index in [1.165, 1.54) is 0 Å². The highest BCUT2D eigenvalue weighted by molar-refractivity contribution is 6.31. The molecule has 0 N–H and O–H groups in total. The Hall–Kier alpha value is -1.06. The van der Waals surface area contributed by atoms with Crippen molar-refractivity contribution in [3.63, 3.8) is 0 Å². The van der Waals surface area contributed by atoms with Gasteiger partial charge in [0.25, 0.3) is 5.91 Å². The Morgan fingerprint density at radius 2 is 2.31 bits per heavy atom. The van der Waals surface area contributed by atoms with Crippen LogP contribution in [-0.2, 0) is 16.0 Å². The second-order valence-electron chi connectivity index (χ2n) is 3.73. The molecule has 1 aliphatic rings. The average Bonchev–Trinajstić information content (AvgIpc) is 2.31. The zero-order chi connectivity index (χ0) is 11.5. The number of aryl methyl sites for hydroxylation is 1. The van der Waals surface area contributed by atoms with E-state index in [0.29, 0.717) is 13.2 Å². The molecule has 1 aromatic rings. The van der Waals surface area contributed by atoms with E-state index in [-0.39, 0.29) is 12.5 Å². The predicted octanol–water partition coefficient (Wildman–Crippen LogP) is 2.27. The van der Waals surface area contributed by atoms with Crippen LogP contribution < -0.4 is 4.90 Å². The highest BCUT2D eigenvalue weighted by atomic mass is 35.5. The van der Waals surface area contributed by atoms with E-state index < -0.39 is 0 Å². The minimum Gasteiger partial charge on any atom is -0.370 e. The normalized spacial score (nSPS) is 16.6. The van der Waals surface area contributed by atoms with Gasteiger partial charge in [0.1, 0.15) is 6.61 Å². The van der Waals surface area contributed by atoms with E-state index in [2.05, 4.69) is 0 Å². The molecule has 0 bridgehead atoms. The van der Waals surface area contributed by atoms with Gasteiger partial charge >= 0.3 is 0 Å². The summed E-state index contributed by atoms with van der Waals surface area (Å²) in [6, 6.07) is 5.70. The van der Waals surface area contributed by atoms with Gasteiger partial charge < -0.3 is 9.64 Å². The minimum atomic E-state index is 0.00984. The van der Waals surface area contributed by atoms with Crippen molar-refractivity contribution in [3.8, 4) is 0 Å². The summed E-state index contributed by atoms with van der Waals surface area (Å²) in [7, 11) is 0. The van der Waals surface area contributed by atoms with Crippen molar-refractivity contribution >= 4 is 23.2 Å². The van der Waals surface area contributed by atoms with Gasteiger partial charge in [-0.2, -0.15) is 0 Å². The Labute approximate surface area is 100.0 Å². The molecule has 2 rings (SSSR count). The van der Waals surface area contributed by atoms with Crippen LogP contribution in [0, 0.1) is 0 Å². The fourth-order valence-corrected chi connectivity index (χ4v) is 2.04. The van der Waals surface area contributed by atoms with Crippen LogP contribution >= 0.6 is 11.6 Å². The van der Waals surface area contributed by atoms with Gasteiger partial charge in [0.15, 0.2) is 0 Å². The van der Waals surface area contributed by atoms with Gasteiger partial charge in [-0.25, -0.2) is 0 Å². The van der Waals surface area contributed by atoms with Crippen molar-refractivity contribution in [2.24, 2.45) is 0 Å². The van der Waals surface area contributed by atoms with E-state index in [1.54, 1.807) is 4.90 Å². The molecule has 4 heteroatoms. The van der Waals surface area contributed by atoms with E-state index in [4.69, 9.17) is 16.3 Å². The standard InChI is InChI=1S/C12H14ClNO2/c1-2-9-7-10(3-4-11(9)13)14-5-6-16-8-12(14)15/h3-4,7H,2,5-6,8H2,1H3. The van der Waals surface area contributed by atoms with Crippen molar-refractivity contribution in [2.45, 2.75) is 13.3 Å². The summed E-state index contributed by atoms with van der Waals surface area (Å²) in [6.07, 6.45) is 0.866. The van der Waals surface area contributed by atoms with Gasteiger partial charge in [-0.05, 0) is 30.2 Å². The molecule has 0 unspecified atom stereocenters. The largest absolute Gasteiger partial charge is 0.370 e. The summed E-state index contributed by atoms with van der Waals surface area (Å²) < 4.78 is 5.10. The molecule has 3 nitrogen and oxygen atoms in total. The van der Waals surface area contributed by atoms with Gasteiger partial charge in [0, 0.05) is 17.3 Å². The lowest BCUT2D eigenvalue weighted by molar-refractivity contribution is -0.125. The third kappa shape index (κ3) is 2.20. The molecule has 0 spiro atoms. The molecule has 0 atom stereocenters. The maximum Gasteiger partial charge on any atom is 0.253 e. The number of carbonyl (C=O) groups is 1. The second kappa shape index (κ2) is 4.85. The molecule has 1 fully saturated rings. The summed E-state index contributed by atoms with van der Waals surface area (Å²) in [5.74, 6) is 0.00984. The number of carbonyl (C=O) groups excluding carboxylic acids is 1. The van der Waals surface area contributed by atoms with Crippen LogP contribution in [-0.4, -0.2) is 25.7 Å². The Kier molecular flexibility index (Phi) is 3.46. The number of morpholine rings is 1. The van der Waals surface area contributed by atoms with E-state index >= 15 is 0 Å². The third-order valence-corrected chi connectivity index (χ3v) is 3.08. The van der Waals surface area contributed by atoms with Crippen LogP contribution in [0.1, 0.15) is 12.5 Å².